The van der Waals surface area contributed by atoms with Crippen LogP contribution in [0.2, 0.25) is 0 Å². The molecule has 1 aromatic carbocycles. The second kappa shape index (κ2) is 5.41. The molecule has 0 saturated carbocycles. The van der Waals surface area contributed by atoms with Crippen molar-refractivity contribution in [3.63, 3.8) is 0 Å². The molecule has 19 heavy (non-hydrogen) atoms. The van der Waals surface area contributed by atoms with Crippen LogP contribution in [0.5, 0.6) is 0 Å². The van der Waals surface area contributed by atoms with Crippen LogP contribution in [0.25, 0.3) is 11.0 Å². The van der Waals surface area contributed by atoms with Crippen LogP contribution in [0.1, 0.15) is 26.6 Å². The molecule has 0 aliphatic carbocycles. The van der Waals surface area contributed by atoms with Gasteiger partial charge in [0.25, 0.3) is 0 Å². The van der Waals surface area contributed by atoms with Crippen molar-refractivity contribution in [3.8, 4) is 6.07 Å². The highest BCUT2D eigenvalue weighted by Crippen LogP contribution is 2.19. The highest BCUT2D eigenvalue weighted by molar-refractivity contribution is 5.76. The molecule has 1 heterocycles. The van der Waals surface area contributed by atoms with Crippen molar-refractivity contribution in [1.82, 2.24) is 14.9 Å². The van der Waals surface area contributed by atoms with Gasteiger partial charge in [-0.3, -0.25) is 5.32 Å². The summed E-state index contributed by atoms with van der Waals surface area (Å²) in [5.74, 6) is 1.03. The van der Waals surface area contributed by atoms with E-state index in [9.17, 15) is 5.26 Å². The van der Waals surface area contributed by atoms with Gasteiger partial charge in [-0.1, -0.05) is 26.0 Å². The Morgan fingerprint density at radius 2 is 2.11 bits per heavy atom. The number of hydrogen-bond donors (Lipinski definition) is 1. The normalized spacial score (nSPS) is 14.2. The summed E-state index contributed by atoms with van der Waals surface area (Å²) in [6.07, 6.45) is 0.863. The summed E-state index contributed by atoms with van der Waals surface area (Å²) in [5, 5.41) is 12.7. The molecule has 4 heteroatoms. The zero-order valence-electron chi connectivity index (χ0n) is 11.8. The second-order valence-electron chi connectivity index (χ2n) is 4.93. The van der Waals surface area contributed by atoms with Crippen LogP contribution in [0.15, 0.2) is 24.3 Å². The Hall–Kier alpha value is -1.86. The van der Waals surface area contributed by atoms with Gasteiger partial charge in [0.2, 0.25) is 0 Å². The average Bonchev–Trinajstić information content (AvgIpc) is 2.77. The maximum Gasteiger partial charge on any atom is 0.122 e. The van der Waals surface area contributed by atoms with E-state index in [0.717, 1.165) is 29.8 Å². The maximum atomic E-state index is 9.40. The number of likely N-dealkylation sites (N-methyl/N-ethyl adjacent to an activating group) is 1. The lowest BCUT2D eigenvalue weighted by atomic mass is 10.0. The van der Waals surface area contributed by atoms with Gasteiger partial charge < -0.3 is 4.57 Å². The Morgan fingerprint density at radius 3 is 2.74 bits per heavy atom. The maximum absolute atomic E-state index is 9.40. The number of rotatable bonds is 5. The highest BCUT2D eigenvalue weighted by atomic mass is 15.1. The molecule has 1 aromatic heterocycles. The van der Waals surface area contributed by atoms with Gasteiger partial charge in [0.1, 0.15) is 11.4 Å². The minimum absolute atomic E-state index is 0.567. The number of benzene rings is 1. The molecule has 4 nitrogen and oxygen atoms in total. The van der Waals surface area contributed by atoms with E-state index in [1.807, 2.05) is 32.0 Å². The number of aryl methyl sites for hydroxylation is 1. The molecule has 2 rings (SSSR count). The fourth-order valence-corrected chi connectivity index (χ4v) is 2.41. The number of para-hydroxylation sites is 2. The first kappa shape index (κ1) is 13.6. The SMILES string of the molecule is CCNC(C)(C#N)Cn1c(CC)nc2ccccc21. The molecule has 0 spiro atoms. The topological polar surface area (TPSA) is 53.6 Å². The van der Waals surface area contributed by atoms with E-state index in [0.29, 0.717) is 6.54 Å². The van der Waals surface area contributed by atoms with Crippen molar-refractivity contribution in [2.24, 2.45) is 0 Å². The van der Waals surface area contributed by atoms with E-state index in [1.54, 1.807) is 0 Å². The molecule has 0 aliphatic heterocycles. The van der Waals surface area contributed by atoms with Gasteiger partial charge in [-0.15, -0.1) is 0 Å². The third kappa shape index (κ3) is 2.61. The third-order valence-electron chi connectivity index (χ3n) is 3.34. The first-order chi connectivity index (χ1) is 9.13. The molecule has 0 saturated heterocycles. The summed E-state index contributed by atoms with van der Waals surface area (Å²) in [7, 11) is 0. The quantitative estimate of drug-likeness (QED) is 0.894. The van der Waals surface area contributed by atoms with Gasteiger partial charge in [0.15, 0.2) is 0 Å². The summed E-state index contributed by atoms with van der Waals surface area (Å²) >= 11 is 0. The van der Waals surface area contributed by atoms with E-state index in [2.05, 4.69) is 33.9 Å². The lowest BCUT2D eigenvalue weighted by Gasteiger charge is -2.24. The van der Waals surface area contributed by atoms with Crippen molar-refractivity contribution >= 4 is 11.0 Å². The van der Waals surface area contributed by atoms with Crippen LogP contribution < -0.4 is 5.32 Å². The number of aromatic nitrogens is 2. The molecule has 100 valence electrons. The first-order valence-electron chi connectivity index (χ1n) is 6.74. The lowest BCUT2D eigenvalue weighted by Crippen LogP contribution is -2.44. The van der Waals surface area contributed by atoms with E-state index in [-0.39, 0.29) is 0 Å². The van der Waals surface area contributed by atoms with Gasteiger partial charge in [0.05, 0.1) is 23.6 Å². The minimum Gasteiger partial charge on any atom is -0.325 e. The zero-order valence-corrected chi connectivity index (χ0v) is 11.8. The lowest BCUT2D eigenvalue weighted by molar-refractivity contribution is 0.396. The fraction of sp³-hybridized carbons (Fsp3) is 0.467. The molecule has 1 N–H and O–H groups in total. The van der Waals surface area contributed by atoms with Crippen molar-refractivity contribution in [2.75, 3.05) is 6.54 Å². The Bertz CT molecular complexity index is 608. The fourth-order valence-electron chi connectivity index (χ4n) is 2.41. The molecule has 0 radical (unpaired) electrons. The predicted molar refractivity (Wildman–Crippen MR) is 76.8 cm³/mol. The van der Waals surface area contributed by atoms with Gasteiger partial charge in [-0.2, -0.15) is 5.26 Å². The minimum atomic E-state index is -0.567. The van der Waals surface area contributed by atoms with Crippen LogP contribution in [-0.4, -0.2) is 21.6 Å². The Labute approximate surface area is 114 Å². The van der Waals surface area contributed by atoms with Crippen molar-refractivity contribution in [3.05, 3.63) is 30.1 Å². The highest BCUT2D eigenvalue weighted by Gasteiger charge is 2.25. The van der Waals surface area contributed by atoms with E-state index in [4.69, 9.17) is 0 Å². The number of nitrogens with zero attached hydrogens (tertiary/aromatic N) is 3. The molecule has 0 aliphatic rings. The summed E-state index contributed by atoms with van der Waals surface area (Å²) in [5.41, 5.74) is 1.53. The van der Waals surface area contributed by atoms with E-state index < -0.39 is 5.54 Å². The molecule has 0 bridgehead atoms. The van der Waals surface area contributed by atoms with Crippen LogP contribution >= 0.6 is 0 Å². The van der Waals surface area contributed by atoms with Gasteiger partial charge >= 0.3 is 0 Å². The second-order valence-corrected chi connectivity index (χ2v) is 4.93. The van der Waals surface area contributed by atoms with Crippen LogP contribution in [-0.2, 0) is 13.0 Å². The van der Waals surface area contributed by atoms with Crippen LogP contribution in [0.4, 0.5) is 0 Å². The molecular weight excluding hydrogens is 236 g/mol. The number of imidazole rings is 1. The van der Waals surface area contributed by atoms with E-state index >= 15 is 0 Å². The Balaban J connectivity index is 2.47. The first-order valence-corrected chi connectivity index (χ1v) is 6.74. The molecule has 0 fully saturated rings. The largest absolute Gasteiger partial charge is 0.325 e. The van der Waals surface area contributed by atoms with E-state index in [1.165, 1.54) is 0 Å². The molecule has 1 atom stereocenters. The zero-order chi connectivity index (χ0) is 13.9. The monoisotopic (exact) mass is 256 g/mol. The van der Waals surface area contributed by atoms with Gasteiger partial charge in [-0.25, -0.2) is 4.98 Å². The molecule has 0 amide bonds. The Kier molecular flexibility index (Phi) is 3.87. The standard InChI is InChI=1S/C15H20N4/c1-4-14-18-12-8-6-7-9-13(12)19(14)11-15(3,10-16)17-5-2/h6-9,17H,4-5,11H2,1-3H3. The number of fused-ring (bicyclic) bond motifs is 1. The van der Waals surface area contributed by atoms with Gasteiger partial charge in [0, 0.05) is 6.42 Å². The smallest absolute Gasteiger partial charge is 0.122 e. The number of nitriles is 1. The predicted octanol–water partition coefficient (Wildman–Crippen LogP) is 2.49. The third-order valence-corrected chi connectivity index (χ3v) is 3.34. The van der Waals surface area contributed by atoms with Crippen LogP contribution in [0, 0.1) is 11.3 Å². The molecule has 2 aromatic rings. The summed E-state index contributed by atoms with van der Waals surface area (Å²) in [6.45, 7) is 7.43. The van der Waals surface area contributed by atoms with Gasteiger partial charge in [-0.05, 0) is 25.6 Å². The number of nitrogens with one attached hydrogen (secondary N) is 1. The van der Waals surface area contributed by atoms with Crippen molar-refractivity contribution in [2.45, 2.75) is 39.3 Å². The molecular formula is C15H20N4. The Morgan fingerprint density at radius 1 is 1.37 bits per heavy atom. The summed E-state index contributed by atoms with van der Waals surface area (Å²) in [4.78, 5) is 4.64. The van der Waals surface area contributed by atoms with Crippen LogP contribution in [0.3, 0.4) is 0 Å². The van der Waals surface area contributed by atoms with Crippen molar-refractivity contribution < 1.29 is 0 Å². The summed E-state index contributed by atoms with van der Waals surface area (Å²) in [6, 6.07) is 10.5. The average molecular weight is 256 g/mol. The van der Waals surface area contributed by atoms with Crippen molar-refractivity contribution in [1.29, 1.82) is 5.26 Å². The summed E-state index contributed by atoms with van der Waals surface area (Å²) < 4.78 is 2.15. The number of hydrogen-bond acceptors (Lipinski definition) is 3. The molecule has 1 unspecified atom stereocenters.